The second kappa shape index (κ2) is 7.26. The summed E-state index contributed by atoms with van der Waals surface area (Å²) in [6.45, 7) is 0.714. The molecule has 0 radical (unpaired) electrons. The smallest absolute Gasteiger partial charge is 0.289 e. The second-order valence-corrected chi connectivity index (χ2v) is 6.89. The SMILES string of the molecule is O=C1c2cc(Cl)ccc2CCC1[n+]1ccc(NCc2ccccc2)nc1. The van der Waals surface area contributed by atoms with Gasteiger partial charge >= 0.3 is 0 Å². The van der Waals surface area contributed by atoms with Crippen molar-refractivity contribution in [3.8, 4) is 0 Å². The van der Waals surface area contributed by atoms with Crippen LogP contribution in [0.1, 0.15) is 33.9 Å². The van der Waals surface area contributed by atoms with Crippen LogP contribution in [0, 0.1) is 0 Å². The molecule has 4 rings (SSSR count). The monoisotopic (exact) mass is 364 g/mol. The highest BCUT2D eigenvalue weighted by Gasteiger charge is 2.31. The maximum atomic E-state index is 12.8. The largest absolute Gasteiger partial charge is 0.345 e. The van der Waals surface area contributed by atoms with Crippen molar-refractivity contribution in [1.82, 2.24) is 4.98 Å². The molecule has 1 aliphatic rings. The molecule has 0 amide bonds. The van der Waals surface area contributed by atoms with Gasteiger partial charge in [-0.15, -0.1) is 0 Å². The summed E-state index contributed by atoms with van der Waals surface area (Å²) in [5.74, 6) is 0.891. The highest BCUT2D eigenvalue weighted by Crippen LogP contribution is 2.28. The van der Waals surface area contributed by atoms with E-state index in [1.807, 2.05) is 47.2 Å². The quantitative estimate of drug-likeness (QED) is 0.711. The van der Waals surface area contributed by atoms with Gasteiger partial charge in [0.1, 0.15) is 0 Å². The highest BCUT2D eigenvalue weighted by molar-refractivity contribution is 6.31. The zero-order chi connectivity index (χ0) is 17.9. The summed E-state index contributed by atoms with van der Waals surface area (Å²) in [4.78, 5) is 17.3. The van der Waals surface area contributed by atoms with Gasteiger partial charge in [-0.1, -0.05) is 48.0 Å². The molecule has 0 spiro atoms. The van der Waals surface area contributed by atoms with Crippen LogP contribution >= 0.6 is 11.6 Å². The number of nitrogens with one attached hydrogen (secondary N) is 1. The van der Waals surface area contributed by atoms with Gasteiger partial charge < -0.3 is 5.32 Å². The molecule has 5 heteroatoms. The molecule has 1 N–H and O–H groups in total. The van der Waals surface area contributed by atoms with Crippen molar-refractivity contribution in [2.45, 2.75) is 25.4 Å². The molecule has 1 atom stereocenters. The van der Waals surface area contributed by atoms with Crippen molar-refractivity contribution in [3.63, 3.8) is 0 Å². The maximum Gasteiger partial charge on any atom is 0.289 e. The number of carbonyl (C=O) groups is 1. The van der Waals surface area contributed by atoms with E-state index in [-0.39, 0.29) is 11.8 Å². The third kappa shape index (κ3) is 3.46. The predicted octanol–water partition coefficient (Wildman–Crippen LogP) is 4.00. The Morgan fingerprint density at radius 3 is 2.77 bits per heavy atom. The van der Waals surface area contributed by atoms with E-state index in [0.29, 0.717) is 11.6 Å². The second-order valence-electron chi connectivity index (χ2n) is 6.45. The summed E-state index contributed by atoms with van der Waals surface area (Å²) >= 11 is 6.06. The van der Waals surface area contributed by atoms with E-state index in [0.717, 1.165) is 29.8 Å². The van der Waals surface area contributed by atoms with Gasteiger partial charge in [-0.25, -0.2) is 4.57 Å². The summed E-state index contributed by atoms with van der Waals surface area (Å²) < 4.78 is 1.89. The maximum absolute atomic E-state index is 12.8. The minimum absolute atomic E-state index is 0.102. The molecular formula is C21H19ClN3O+. The van der Waals surface area contributed by atoms with Gasteiger partial charge in [-0.05, 0) is 41.1 Å². The molecule has 26 heavy (non-hydrogen) atoms. The number of nitrogens with zero attached hydrogens (tertiary/aromatic N) is 2. The lowest BCUT2D eigenvalue weighted by Gasteiger charge is -2.21. The van der Waals surface area contributed by atoms with Crippen LogP contribution in [0.4, 0.5) is 5.82 Å². The van der Waals surface area contributed by atoms with Crippen LogP contribution in [-0.2, 0) is 13.0 Å². The highest BCUT2D eigenvalue weighted by atomic mass is 35.5. The first kappa shape index (κ1) is 16.7. The molecule has 3 aromatic rings. The van der Waals surface area contributed by atoms with E-state index < -0.39 is 0 Å². The molecule has 0 saturated carbocycles. The fourth-order valence-electron chi connectivity index (χ4n) is 3.33. The number of fused-ring (bicyclic) bond motifs is 1. The van der Waals surface area contributed by atoms with Gasteiger partial charge in [0.25, 0.3) is 6.33 Å². The van der Waals surface area contributed by atoms with Crippen LogP contribution in [0.2, 0.25) is 5.02 Å². The summed E-state index contributed by atoms with van der Waals surface area (Å²) in [5.41, 5.74) is 3.00. The Hall–Kier alpha value is -2.72. The number of benzene rings is 2. The van der Waals surface area contributed by atoms with Gasteiger partial charge in [0.2, 0.25) is 11.6 Å². The van der Waals surface area contributed by atoms with Crippen molar-refractivity contribution < 1.29 is 9.36 Å². The van der Waals surface area contributed by atoms with Crippen LogP contribution in [0.25, 0.3) is 0 Å². The molecule has 1 unspecified atom stereocenters. The summed E-state index contributed by atoms with van der Waals surface area (Å²) in [6.07, 6.45) is 5.28. The average molecular weight is 365 g/mol. The predicted molar refractivity (Wildman–Crippen MR) is 101 cm³/mol. The fourth-order valence-corrected chi connectivity index (χ4v) is 3.50. The first-order valence-electron chi connectivity index (χ1n) is 8.68. The number of Topliss-reactive ketones (excluding diaryl/α,β-unsaturated/α-hetero) is 1. The van der Waals surface area contributed by atoms with Crippen LogP contribution < -0.4 is 9.88 Å². The Kier molecular flexibility index (Phi) is 4.67. The normalized spacial score (nSPS) is 16.2. The molecule has 1 aliphatic carbocycles. The lowest BCUT2D eigenvalue weighted by molar-refractivity contribution is -0.711. The first-order valence-corrected chi connectivity index (χ1v) is 9.06. The zero-order valence-corrected chi connectivity index (χ0v) is 15.0. The Bertz CT molecular complexity index is 926. The first-order chi connectivity index (χ1) is 12.7. The number of aromatic nitrogens is 2. The van der Waals surface area contributed by atoms with E-state index in [9.17, 15) is 4.79 Å². The van der Waals surface area contributed by atoms with E-state index >= 15 is 0 Å². The number of halogens is 1. The number of hydrogen-bond acceptors (Lipinski definition) is 3. The molecule has 1 heterocycles. The standard InChI is InChI=1S/C21H18ClN3O/c22-17-8-6-16-7-9-19(21(26)18(16)12-17)25-11-10-20(24-14-25)23-13-15-4-2-1-3-5-15/h1-6,8,10-12,14,19H,7,9,13H2/p+1. The van der Waals surface area contributed by atoms with Crippen LogP contribution in [0.5, 0.6) is 0 Å². The minimum atomic E-state index is -0.225. The number of hydrogen-bond donors (Lipinski definition) is 1. The van der Waals surface area contributed by atoms with E-state index in [4.69, 9.17) is 11.6 Å². The molecule has 0 saturated heterocycles. The third-order valence-electron chi connectivity index (χ3n) is 4.74. The number of aryl methyl sites for hydroxylation is 1. The number of rotatable bonds is 4. The minimum Gasteiger partial charge on any atom is -0.345 e. The van der Waals surface area contributed by atoms with Crippen LogP contribution in [-0.4, -0.2) is 10.8 Å². The lowest BCUT2D eigenvalue weighted by atomic mass is 9.87. The zero-order valence-electron chi connectivity index (χ0n) is 14.2. The van der Waals surface area contributed by atoms with Gasteiger partial charge in [-0.2, -0.15) is 0 Å². The van der Waals surface area contributed by atoms with Gasteiger partial charge in [0, 0.05) is 23.2 Å². The molecule has 130 valence electrons. The number of carbonyl (C=O) groups excluding carboxylic acids is 1. The number of ketones is 1. The fraction of sp³-hybridized carbons (Fsp3) is 0.190. The molecular weight excluding hydrogens is 346 g/mol. The van der Waals surface area contributed by atoms with Crippen molar-refractivity contribution in [2.75, 3.05) is 5.32 Å². The molecule has 0 aliphatic heterocycles. The summed E-state index contributed by atoms with van der Waals surface area (Å²) in [6, 6.07) is 17.4. The Morgan fingerprint density at radius 2 is 2.00 bits per heavy atom. The summed E-state index contributed by atoms with van der Waals surface area (Å²) in [5, 5.41) is 3.90. The Morgan fingerprint density at radius 1 is 1.15 bits per heavy atom. The van der Waals surface area contributed by atoms with E-state index in [1.165, 1.54) is 5.56 Å². The average Bonchev–Trinajstić information content (AvgIpc) is 2.68. The Balaban J connectivity index is 1.48. The van der Waals surface area contributed by atoms with Crippen molar-refractivity contribution >= 4 is 23.2 Å². The van der Waals surface area contributed by atoms with Gasteiger partial charge in [-0.3, -0.25) is 4.79 Å². The van der Waals surface area contributed by atoms with Crippen molar-refractivity contribution in [2.24, 2.45) is 0 Å². The van der Waals surface area contributed by atoms with E-state index in [1.54, 1.807) is 12.4 Å². The Labute approximate surface area is 157 Å². The van der Waals surface area contributed by atoms with E-state index in [2.05, 4.69) is 22.4 Å². The molecule has 1 aromatic heterocycles. The molecule has 4 nitrogen and oxygen atoms in total. The topological polar surface area (TPSA) is 45.9 Å². The number of anilines is 1. The van der Waals surface area contributed by atoms with Crippen LogP contribution in [0.15, 0.2) is 67.1 Å². The lowest BCUT2D eigenvalue weighted by Crippen LogP contribution is -2.46. The van der Waals surface area contributed by atoms with Crippen LogP contribution in [0.3, 0.4) is 0 Å². The van der Waals surface area contributed by atoms with Crippen molar-refractivity contribution in [3.05, 3.63) is 88.8 Å². The van der Waals surface area contributed by atoms with Crippen molar-refractivity contribution in [1.29, 1.82) is 0 Å². The molecule has 0 bridgehead atoms. The molecule has 2 aromatic carbocycles. The third-order valence-corrected chi connectivity index (χ3v) is 4.97. The molecule has 0 fully saturated rings. The van der Waals surface area contributed by atoms with Gasteiger partial charge in [0.15, 0.2) is 6.04 Å². The summed E-state index contributed by atoms with van der Waals surface area (Å²) in [7, 11) is 0. The van der Waals surface area contributed by atoms with Gasteiger partial charge in [0.05, 0.1) is 6.20 Å².